The fraction of sp³-hybridized carbons (Fsp3) is 0. The van der Waals surface area contributed by atoms with Crippen molar-refractivity contribution < 1.29 is 4.79 Å². The smallest absolute Gasteiger partial charge is 0.256 e. The summed E-state index contributed by atoms with van der Waals surface area (Å²) in [5.74, 6) is 0.130. The number of benzene rings is 2. The Labute approximate surface area is 134 Å². The highest BCUT2D eigenvalue weighted by Crippen LogP contribution is 2.21. The minimum Gasteiger partial charge on any atom is -0.306 e. The molecule has 0 aliphatic rings. The molecule has 0 atom stereocenters. The van der Waals surface area contributed by atoms with Crippen LogP contribution in [0.25, 0.3) is 10.8 Å². The van der Waals surface area contributed by atoms with Gasteiger partial charge in [0.2, 0.25) is 0 Å². The number of rotatable bonds is 2. The third-order valence-electron chi connectivity index (χ3n) is 2.94. The number of fused-ring (bicyclic) bond motifs is 1. The molecular formula is C15H9BrClN3O. The maximum Gasteiger partial charge on any atom is 0.256 e. The molecule has 0 radical (unpaired) electrons. The van der Waals surface area contributed by atoms with Gasteiger partial charge in [0.15, 0.2) is 0 Å². The number of anilines is 1. The standard InChI is InChI=1S/C15H9BrClN3O/c16-12-4-3-9-5-11(2-1-10(9)6-12)15(21)20-14-7-13(17)18-8-19-14/h1-8H,(H,18,19,20,21). The van der Waals surface area contributed by atoms with Crippen molar-refractivity contribution >= 4 is 50.0 Å². The predicted octanol–water partition coefficient (Wildman–Crippen LogP) is 4.30. The minimum absolute atomic E-state index is 0.241. The summed E-state index contributed by atoms with van der Waals surface area (Å²) in [6.07, 6.45) is 1.30. The number of halogens is 2. The van der Waals surface area contributed by atoms with Gasteiger partial charge >= 0.3 is 0 Å². The van der Waals surface area contributed by atoms with Crippen LogP contribution in [0.1, 0.15) is 10.4 Å². The number of amides is 1. The summed E-state index contributed by atoms with van der Waals surface area (Å²) in [5.41, 5.74) is 0.555. The van der Waals surface area contributed by atoms with Crippen molar-refractivity contribution in [2.75, 3.05) is 5.32 Å². The first kappa shape index (κ1) is 14.0. The topological polar surface area (TPSA) is 54.9 Å². The van der Waals surface area contributed by atoms with Gasteiger partial charge in [-0.1, -0.05) is 39.7 Å². The van der Waals surface area contributed by atoms with Gasteiger partial charge in [-0.2, -0.15) is 0 Å². The lowest BCUT2D eigenvalue weighted by molar-refractivity contribution is 0.102. The molecule has 3 aromatic rings. The van der Waals surface area contributed by atoms with Crippen molar-refractivity contribution in [3.05, 3.63) is 64.0 Å². The molecular weight excluding hydrogens is 354 g/mol. The highest BCUT2D eigenvalue weighted by atomic mass is 79.9. The van der Waals surface area contributed by atoms with E-state index < -0.39 is 0 Å². The van der Waals surface area contributed by atoms with Crippen LogP contribution < -0.4 is 5.32 Å². The summed E-state index contributed by atoms with van der Waals surface area (Å²) >= 11 is 9.19. The molecule has 1 aromatic heterocycles. The van der Waals surface area contributed by atoms with Crippen LogP contribution in [0.2, 0.25) is 5.15 Å². The van der Waals surface area contributed by atoms with Crippen molar-refractivity contribution in [3.63, 3.8) is 0 Å². The van der Waals surface area contributed by atoms with Crippen LogP contribution in [0.5, 0.6) is 0 Å². The average molecular weight is 363 g/mol. The molecule has 0 aliphatic carbocycles. The summed E-state index contributed by atoms with van der Waals surface area (Å²) in [5, 5.41) is 5.03. The largest absolute Gasteiger partial charge is 0.306 e. The average Bonchev–Trinajstić information content (AvgIpc) is 2.46. The Morgan fingerprint density at radius 2 is 1.81 bits per heavy atom. The quantitative estimate of drug-likeness (QED) is 0.692. The summed E-state index contributed by atoms with van der Waals surface area (Å²) < 4.78 is 1.00. The first-order valence-corrected chi connectivity index (χ1v) is 7.27. The summed E-state index contributed by atoms with van der Waals surface area (Å²) in [6.45, 7) is 0. The van der Waals surface area contributed by atoms with Crippen LogP contribution in [0.15, 0.2) is 53.3 Å². The molecule has 0 fully saturated rings. The van der Waals surface area contributed by atoms with Crippen LogP contribution in [-0.2, 0) is 0 Å². The van der Waals surface area contributed by atoms with Gasteiger partial charge in [-0.15, -0.1) is 0 Å². The zero-order valence-corrected chi connectivity index (χ0v) is 13.0. The second-order valence-corrected chi connectivity index (χ2v) is 5.69. The Hall–Kier alpha value is -1.98. The second-order valence-electron chi connectivity index (χ2n) is 4.39. The van der Waals surface area contributed by atoms with Gasteiger partial charge in [-0.05, 0) is 35.0 Å². The van der Waals surface area contributed by atoms with E-state index in [2.05, 4.69) is 31.2 Å². The molecule has 1 N–H and O–H groups in total. The lowest BCUT2D eigenvalue weighted by atomic mass is 10.1. The SMILES string of the molecule is O=C(Nc1cc(Cl)ncn1)c1ccc2cc(Br)ccc2c1. The number of carbonyl (C=O) groups is 1. The number of hydrogen-bond acceptors (Lipinski definition) is 3. The van der Waals surface area contributed by atoms with Crippen molar-refractivity contribution in [1.29, 1.82) is 0 Å². The van der Waals surface area contributed by atoms with Gasteiger partial charge in [0, 0.05) is 16.1 Å². The number of carbonyl (C=O) groups excluding carboxylic acids is 1. The third-order valence-corrected chi connectivity index (χ3v) is 3.64. The van der Waals surface area contributed by atoms with Crippen molar-refractivity contribution in [2.24, 2.45) is 0 Å². The van der Waals surface area contributed by atoms with E-state index in [1.807, 2.05) is 30.3 Å². The van der Waals surface area contributed by atoms with Crippen LogP contribution >= 0.6 is 27.5 Å². The molecule has 4 nitrogen and oxygen atoms in total. The first-order valence-electron chi connectivity index (χ1n) is 6.10. The highest BCUT2D eigenvalue weighted by molar-refractivity contribution is 9.10. The Morgan fingerprint density at radius 3 is 2.62 bits per heavy atom. The van der Waals surface area contributed by atoms with Crippen molar-refractivity contribution in [1.82, 2.24) is 9.97 Å². The summed E-state index contributed by atoms with van der Waals surface area (Å²) in [4.78, 5) is 19.9. The van der Waals surface area contributed by atoms with E-state index >= 15 is 0 Å². The first-order chi connectivity index (χ1) is 10.1. The Bertz CT molecular complexity index is 838. The summed E-state index contributed by atoms with van der Waals surface area (Å²) in [6, 6.07) is 12.9. The molecule has 0 unspecified atom stereocenters. The van der Waals surface area contributed by atoms with E-state index in [1.165, 1.54) is 12.4 Å². The van der Waals surface area contributed by atoms with E-state index in [-0.39, 0.29) is 11.1 Å². The van der Waals surface area contributed by atoms with Crippen LogP contribution in [0.4, 0.5) is 5.82 Å². The fourth-order valence-electron chi connectivity index (χ4n) is 1.95. The van der Waals surface area contributed by atoms with Crippen LogP contribution in [-0.4, -0.2) is 15.9 Å². The van der Waals surface area contributed by atoms with Gasteiger partial charge in [0.1, 0.15) is 17.3 Å². The molecule has 0 spiro atoms. The maximum absolute atomic E-state index is 12.2. The number of aromatic nitrogens is 2. The highest BCUT2D eigenvalue weighted by Gasteiger charge is 2.08. The zero-order valence-electron chi connectivity index (χ0n) is 10.7. The van der Waals surface area contributed by atoms with Crippen molar-refractivity contribution in [2.45, 2.75) is 0 Å². The number of nitrogens with one attached hydrogen (secondary N) is 1. The molecule has 1 heterocycles. The molecule has 2 aromatic carbocycles. The van der Waals surface area contributed by atoms with E-state index in [9.17, 15) is 4.79 Å². The Kier molecular flexibility index (Phi) is 3.86. The number of nitrogens with zero attached hydrogens (tertiary/aromatic N) is 2. The van der Waals surface area contributed by atoms with Gasteiger partial charge in [0.25, 0.3) is 5.91 Å². The molecule has 0 saturated heterocycles. The molecule has 6 heteroatoms. The van der Waals surface area contributed by atoms with Gasteiger partial charge in [-0.25, -0.2) is 9.97 Å². The lowest BCUT2D eigenvalue weighted by Gasteiger charge is -2.06. The van der Waals surface area contributed by atoms with Crippen LogP contribution in [0, 0.1) is 0 Å². The minimum atomic E-state index is -0.241. The molecule has 3 rings (SSSR count). The predicted molar refractivity (Wildman–Crippen MR) is 86.6 cm³/mol. The fourth-order valence-corrected chi connectivity index (χ4v) is 2.47. The van der Waals surface area contributed by atoms with Gasteiger partial charge in [0.05, 0.1) is 0 Å². The van der Waals surface area contributed by atoms with Gasteiger partial charge in [-0.3, -0.25) is 4.79 Å². The van der Waals surface area contributed by atoms with E-state index in [1.54, 1.807) is 6.07 Å². The maximum atomic E-state index is 12.2. The molecule has 21 heavy (non-hydrogen) atoms. The molecule has 1 amide bonds. The summed E-state index contributed by atoms with van der Waals surface area (Å²) in [7, 11) is 0. The van der Waals surface area contributed by atoms with Crippen LogP contribution in [0.3, 0.4) is 0 Å². The molecule has 104 valence electrons. The zero-order chi connectivity index (χ0) is 14.8. The van der Waals surface area contributed by atoms with E-state index in [4.69, 9.17) is 11.6 Å². The Balaban J connectivity index is 1.89. The van der Waals surface area contributed by atoms with E-state index in [0.717, 1.165) is 15.2 Å². The van der Waals surface area contributed by atoms with Gasteiger partial charge < -0.3 is 5.32 Å². The van der Waals surface area contributed by atoms with E-state index in [0.29, 0.717) is 11.4 Å². The third kappa shape index (κ3) is 3.20. The second kappa shape index (κ2) is 5.79. The molecule has 0 saturated carbocycles. The monoisotopic (exact) mass is 361 g/mol. The Morgan fingerprint density at radius 1 is 1.05 bits per heavy atom. The van der Waals surface area contributed by atoms with Crippen molar-refractivity contribution in [3.8, 4) is 0 Å². The molecule has 0 aliphatic heterocycles. The number of hydrogen-bond donors (Lipinski definition) is 1. The normalized spacial score (nSPS) is 10.6. The lowest BCUT2D eigenvalue weighted by Crippen LogP contribution is -2.12. The molecule has 0 bridgehead atoms.